The van der Waals surface area contributed by atoms with Crippen LogP contribution in [0.15, 0.2) is 65.6 Å². The van der Waals surface area contributed by atoms with Gasteiger partial charge in [-0.2, -0.15) is 5.10 Å². The molecule has 2 aromatic carbocycles. The fraction of sp³-hybridized carbons (Fsp3) is 0.158. The summed E-state index contributed by atoms with van der Waals surface area (Å²) in [6, 6.07) is 19.5. The number of carbonyl (C=O) groups is 1. The lowest BCUT2D eigenvalue weighted by molar-refractivity contribution is -0.115. The van der Waals surface area contributed by atoms with Gasteiger partial charge in [-0.25, -0.2) is 4.98 Å². The normalized spacial score (nSPS) is 11.8. The molecule has 1 atom stereocenters. The van der Waals surface area contributed by atoms with E-state index in [1.807, 2.05) is 74.5 Å². The number of carbonyl (C=O) groups excluding carboxylic acids is 1. The van der Waals surface area contributed by atoms with Crippen molar-refractivity contribution in [3.63, 3.8) is 0 Å². The number of aryl methyl sites for hydroxylation is 2. The summed E-state index contributed by atoms with van der Waals surface area (Å²) < 4.78 is 0. The lowest BCUT2D eigenvalue weighted by atomic mass is 10.1. The van der Waals surface area contributed by atoms with Gasteiger partial charge in [-0.1, -0.05) is 48.5 Å². The monoisotopic (exact) mass is 350 g/mol. The first-order valence-electron chi connectivity index (χ1n) is 7.89. The smallest absolute Gasteiger partial charge is 0.249 e. The van der Waals surface area contributed by atoms with E-state index in [2.05, 4.69) is 20.5 Å². The first-order valence-corrected chi connectivity index (χ1v) is 8.77. The van der Waals surface area contributed by atoms with E-state index >= 15 is 0 Å². The Bertz CT molecular complexity index is 856. The molecule has 0 saturated carbocycles. The number of thioether (sulfide) groups is 1. The predicted molar refractivity (Wildman–Crippen MR) is 99.4 cm³/mol. The van der Waals surface area contributed by atoms with Crippen LogP contribution in [0.3, 0.4) is 0 Å². The van der Waals surface area contributed by atoms with Gasteiger partial charge in [0.2, 0.25) is 11.9 Å². The molecule has 0 radical (unpaired) electrons. The predicted octanol–water partition coefficient (Wildman–Crippen LogP) is 3.96. The number of hydrogen-bond acceptors (Lipinski definition) is 5. The Balaban J connectivity index is 1.85. The summed E-state index contributed by atoms with van der Waals surface area (Å²) in [6.07, 6.45) is 0. The van der Waals surface area contributed by atoms with Crippen molar-refractivity contribution in [2.75, 3.05) is 5.32 Å². The number of benzene rings is 2. The molecule has 0 aliphatic rings. The van der Waals surface area contributed by atoms with E-state index in [1.165, 1.54) is 11.8 Å². The van der Waals surface area contributed by atoms with Crippen LogP contribution in [0, 0.1) is 13.8 Å². The van der Waals surface area contributed by atoms with Crippen LogP contribution in [-0.4, -0.2) is 21.1 Å². The van der Waals surface area contributed by atoms with E-state index in [9.17, 15) is 4.79 Å². The highest BCUT2D eigenvalue weighted by Gasteiger charge is 2.23. The highest BCUT2D eigenvalue weighted by atomic mass is 32.2. The van der Waals surface area contributed by atoms with Gasteiger partial charge in [0.1, 0.15) is 5.25 Å². The molecular weight excluding hydrogens is 332 g/mol. The minimum Gasteiger partial charge on any atom is -0.292 e. The number of rotatable bonds is 5. The highest BCUT2D eigenvalue weighted by Crippen LogP contribution is 2.35. The van der Waals surface area contributed by atoms with Gasteiger partial charge in [0, 0.05) is 4.90 Å². The van der Waals surface area contributed by atoms with Gasteiger partial charge in [0.05, 0.1) is 11.4 Å². The molecule has 5 nitrogen and oxygen atoms in total. The Hall–Kier alpha value is -2.73. The molecule has 0 saturated heterocycles. The van der Waals surface area contributed by atoms with E-state index < -0.39 is 5.25 Å². The summed E-state index contributed by atoms with van der Waals surface area (Å²) in [6.45, 7) is 3.67. The molecule has 1 amide bonds. The second-order valence-corrected chi connectivity index (χ2v) is 6.70. The summed E-state index contributed by atoms with van der Waals surface area (Å²) in [5.74, 6) is 0.0489. The average molecular weight is 350 g/mol. The van der Waals surface area contributed by atoms with Crippen LogP contribution in [0.4, 0.5) is 5.95 Å². The molecule has 0 fully saturated rings. The molecule has 1 unspecified atom stereocenters. The van der Waals surface area contributed by atoms with Gasteiger partial charge in [-0.3, -0.25) is 10.1 Å². The molecule has 3 rings (SSSR count). The van der Waals surface area contributed by atoms with Gasteiger partial charge in [0.25, 0.3) is 0 Å². The molecule has 0 aliphatic carbocycles. The van der Waals surface area contributed by atoms with Crippen molar-refractivity contribution in [3.05, 3.63) is 77.6 Å². The molecule has 0 spiro atoms. The van der Waals surface area contributed by atoms with Gasteiger partial charge in [-0.05, 0) is 31.5 Å². The van der Waals surface area contributed by atoms with E-state index in [1.54, 1.807) is 0 Å². The maximum Gasteiger partial charge on any atom is 0.249 e. The SMILES string of the molecule is Cc1nnc(NC(=O)C(Sc2ccccc2)c2ccccc2)nc1C. The maximum absolute atomic E-state index is 12.9. The molecule has 0 bridgehead atoms. The first-order chi connectivity index (χ1) is 12.1. The summed E-state index contributed by atoms with van der Waals surface area (Å²) in [4.78, 5) is 18.2. The topological polar surface area (TPSA) is 67.8 Å². The Kier molecular flexibility index (Phi) is 5.40. The lowest BCUT2D eigenvalue weighted by Crippen LogP contribution is -2.21. The van der Waals surface area contributed by atoms with Gasteiger partial charge < -0.3 is 0 Å². The Morgan fingerprint density at radius 3 is 2.20 bits per heavy atom. The minimum absolute atomic E-state index is 0.176. The fourth-order valence-corrected chi connectivity index (χ4v) is 3.27. The zero-order valence-electron chi connectivity index (χ0n) is 14.0. The van der Waals surface area contributed by atoms with Crippen molar-refractivity contribution in [2.45, 2.75) is 24.0 Å². The van der Waals surface area contributed by atoms with E-state index in [-0.39, 0.29) is 11.9 Å². The van der Waals surface area contributed by atoms with Crippen LogP contribution in [0.5, 0.6) is 0 Å². The van der Waals surface area contributed by atoms with Crippen molar-refractivity contribution in [1.82, 2.24) is 15.2 Å². The number of anilines is 1. The lowest BCUT2D eigenvalue weighted by Gasteiger charge is -2.16. The molecular formula is C19H18N4OS. The fourth-order valence-electron chi connectivity index (χ4n) is 2.22. The van der Waals surface area contributed by atoms with Crippen molar-refractivity contribution in [2.24, 2.45) is 0 Å². The molecule has 25 heavy (non-hydrogen) atoms. The van der Waals surface area contributed by atoms with Gasteiger partial charge in [-0.15, -0.1) is 16.9 Å². The Labute approximate surface area is 150 Å². The second kappa shape index (κ2) is 7.90. The quantitative estimate of drug-likeness (QED) is 0.706. The zero-order valence-corrected chi connectivity index (χ0v) is 14.8. The Morgan fingerprint density at radius 2 is 1.56 bits per heavy atom. The molecule has 1 aromatic heterocycles. The molecule has 3 aromatic rings. The number of aromatic nitrogens is 3. The summed E-state index contributed by atoms with van der Waals surface area (Å²) >= 11 is 1.49. The van der Waals surface area contributed by atoms with Gasteiger partial charge in [0.15, 0.2) is 0 Å². The first kappa shape index (κ1) is 17.1. The van der Waals surface area contributed by atoms with Crippen LogP contribution in [0.1, 0.15) is 22.2 Å². The van der Waals surface area contributed by atoms with Crippen LogP contribution in [0.25, 0.3) is 0 Å². The third-order valence-corrected chi connectivity index (χ3v) is 4.93. The summed E-state index contributed by atoms with van der Waals surface area (Å²) in [5.41, 5.74) is 2.42. The zero-order chi connectivity index (χ0) is 17.6. The van der Waals surface area contributed by atoms with Crippen LogP contribution < -0.4 is 5.32 Å². The van der Waals surface area contributed by atoms with Gasteiger partial charge >= 0.3 is 0 Å². The standard InChI is InChI=1S/C19H18N4OS/c1-13-14(2)22-23-19(20-13)21-18(24)17(15-9-5-3-6-10-15)25-16-11-7-4-8-12-16/h3-12,17H,1-2H3,(H,20,21,23,24). The molecule has 0 aliphatic heterocycles. The highest BCUT2D eigenvalue weighted by molar-refractivity contribution is 8.00. The third-order valence-electron chi connectivity index (χ3n) is 3.66. The number of nitrogens with zero attached hydrogens (tertiary/aromatic N) is 3. The van der Waals surface area contributed by atoms with Crippen molar-refractivity contribution < 1.29 is 4.79 Å². The molecule has 126 valence electrons. The van der Waals surface area contributed by atoms with Crippen molar-refractivity contribution >= 4 is 23.6 Å². The third kappa shape index (κ3) is 4.42. The molecule has 1 N–H and O–H groups in total. The largest absolute Gasteiger partial charge is 0.292 e. The molecule has 6 heteroatoms. The van der Waals surface area contributed by atoms with E-state index in [0.29, 0.717) is 0 Å². The minimum atomic E-state index is -0.409. The number of nitrogens with one attached hydrogen (secondary N) is 1. The summed E-state index contributed by atoms with van der Waals surface area (Å²) in [5, 5.41) is 10.3. The van der Waals surface area contributed by atoms with Crippen LogP contribution >= 0.6 is 11.8 Å². The summed E-state index contributed by atoms with van der Waals surface area (Å²) in [7, 11) is 0. The number of hydrogen-bond donors (Lipinski definition) is 1. The maximum atomic E-state index is 12.9. The number of amides is 1. The van der Waals surface area contributed by atoms with Crippen LogP contribution in [0.2, 0.25) is 0 Å². The van der Waals surface area contributed by atoms with Crippen LogP contribution in [-0.2, 0) is 4.79 Å². The van der Waals surface area contributed by atoms with Crippen molar-refractivity contribution in [3.8, 4) is 0 Å². The average Bonchev–Trinajstić information content (AvgIpc) is 2.64. The molecule has 1 heterocycles. The Morgan fingerprint density at radius 1 is 0.920 bits per heavy atom. The van der Waals surface area contributed by atoms with E-state index in [4.69, 9.17) is 0 Å². The van der Waals surface area contributed by atoms with E-state index in [0.717, 1.165) is 21.8 Å². The second-order valence-electron chi connectivity index (χ2n) is 5.52. The van der Waals surface area contributed by atoms with Crippen molar-refractivity contribution in [1.29, 1.82) is 0 Å².